The largest absolute Gasteiger partial charge is 0.477 e. The predicted octanol–water partition coefficient (Wildman–Crippen LogP) is -0.401. The molecule has 2 aliphatic heterocycles. The Morgan fingerprint density at radius 3 is 2.80 bits per heavy atom. The molecule has 0 radical (unpaired) electrons. The second-order valence-electron chi connectivity index (χ2n) is 5.17. The van der Waals surface area contributed by atoms with Gasteiger partial charge in [-0.2, -0.15) is 8.42 Å². The Morgan fingerprint density at radius 2 is 2.16 bits per heavy atom. The highest BCUT2D eigenvalue weighted by Crippen LogP contribution is 2.40. The monoisotopic (exact) mass is 424 g/mol. The van der Waals surface area contributed by atoms with E-state index in [9.17, 15) is 23.1 Å². The van der Waals surface area contributed by atoms with E-state index in [0.717, 1.165) is 11.3 Å². The molecule has 0 saturated carbocycles. The van der Waals surface area contributed by atoms with E-state index in [-0.39, 0.29) is 21.8 Å². The zero-order valence-corrected chi connectivity index (χ0v) is 15.6. The maximum Gasteiger partial charge on any atom is 0.352 e. The summed E-state index contributed by atoms with van der Waals surface area (Å²) >= 11 is 3.59. The number of aliphatic carboxylic acids is 1. The molecule has 0 bridgehead atoms. The maximum atomic E-state index is 11.8. The first-order chi connectivity index (χ1) is 11.7. The molecule has 4 N–H and O–H groups in total. The number of nitrogens with zero attached hydrogens (tertiary/aromatic N) is 3. The first kappa shape index (κ1) is 18.6. The van der Waals surface area contributed by atoms with Crippen LogP contribution in [0.2, 0.25) is 0 Å². The topological polar surface area (TPSA) is 164 Å². The number of nitrogens with two attached hydrogens (primary N) is 1. The van der Waals surface area contributed by atoms with E-state index >= 15 is 0 Å². The van der Waals surface area contributed by atoms with Gasteiger partial charge in [-0.1, -0.05) is 23.1 Å². The fraction of sp³-hybridized carbons (Fsp3) is 0.455. The van der Waals surface area contributed by atoms with E-state index in [1.165, 1.54) is 28.4 Å². The van der Waals surface area contributed by atoms with Gasteiger partial charge in [0.2, 0.25) is 5.91 Å². The molecule has 0 spiro atoms. The van der Waals surface area contributed by atoms with Gasteiger partial charge in [-0.15, -0.1) is 22.0 Å². The summed E-state index contributed by atoms with van der Waals surface area (Å²) in [6.45, 7) is 0. The molecule has 1 unspecified atom stereocenters. The smallest absolute Gasteiger partial charge is 0.352 e. The summed E-state index contributed by atoms with van der Waals surface area (Å²) in [4.78, 5) is 24.6. The highest BCUT2D eigenvalue weighted by Gasteiger charge is 2.51. The molecule has 1 fully saturated rings. The Bertz CT molecular complexity index is 866. The lowest BCUT2D eigenvalue weighted by molar-refractivity contribution is -0.147. The van der Waals surface area contributed by atoms with Crippen molar-refractivity contribution in [1.82, 2.24) is 15.1 Å². The van der Waals surface area contributed by atoms with E-state index in [1.807, 2.05) is 0 Å². The molecule has 0 aliphatic carbocycles. The van der Waals surface area contributed by atoms with Crippen LogP contribution in [-0.2, 0) is 25.5 Å². The number of carboxylic acids is 1. The van der Waals surface area contributed by atoms with Crippen LogP contribution in [0.4, 0.5) is 0 Å². The summed E-state index contributed by atoms with van der Waals surface area (Å²) in [5.41, 5.74) is 6.19. The Balaban J connectivity index is 1.73. The number of carbonyl (C=O) groups excluding carboxylic acids is 1. The van der Waals surface area contributed by atoms with Crippen molar-refractivity contribution in [2.24, 2.45) is 5.73 Å². The number of aromatic nitrogens is 2. The minimum atomic E-state index is -4.18. The molecule has 25 heavy (non-hydrogen) atoms. The lowest BCUT2D eigenvalue weighted by Crippen LogP contribution is -2.68. The van der Waals surface area contributed by atoms with E-state index in [4.69, 9.17) is 10.3 Å². The third-order valence-corrected chi connectivity index (χ3v) is 7.74. The predicted molar refractivity (Wildman–Crippen MR) is 91.6 cm³/mol. The van der Waals surface area contributed by atoms with Crippen molar-refractivity contribution in [1.29, 1.82) is 0 Å². The van der Waals surface area contributed by atoms with Gasteiger partial charge < -0.3 is 10.8 Å². The van der Waals surface area contributed by atoms with Crippen LogP contribution < -0.4 is 5.73 Å². The fourth-order valence-electron chi connectivity index (χ4n) is 2.35. The summed E-state index contributed by atoms with van der Waals surface area (Å²) in [6, 6.07) is -0.681. The fourth-order valence-corrected chi connectivity index (χ4v) is 6.53. The number of carbonyl (C=O) groups is 2. The molecule has 10 nitrogen and oxygen atoms in total. The highest BCUT2D eigenvalue weighted by molar-refractivity contribution is 8.01. The second kappa shape index (κ2) is 6.85. The van der Waals surface area contributed by atoms with Gasteiger partial charge in [0.05, 0.1) is 0 Å². The molecular weight excluding hydrogens is 412 g/mol. The number of thioether (sulfide) groups is 2. The van der Waals surface area contributed by atoms with E-state index in [0.29, 0.717) is 15.7 Å². The number of β-lactam (4-membered cyclic amide) rings is 1. The van der Waals surface area contributed by atoms with Gasteiger partial charge in [0, 0.05) is 11.5 Å². The van der Waals surface area contributed by atoms with E-state index < -0.39 is 33.8 Å². The number of amides is 1. The van der Waals surface area contributed by atoms with Crippen molar-refractivity contribution in [2.75, 3.05) is 11.5 Å². The standard InChI is InChI=1S/C11H12N4O6S4/c12-6-8(16)15-7(10(17)18)4(1-22-9(6)15)2-23-11-14-13-5(24-11)3-25(19,20)21/h6,9H,1-3,12H2,(H,17,18)(H,19,20,21)/t6?,9-/m1/s1. The summed E-state index contributed by atoms with van der Waals surface area (Å²) in [5.74, 6) is -1.53. The first-order valence-corrected chi connectivity index (χ1v) is 11.2. The Morgan fingerprint density at radius 1 is 1.44 bits per heavy atom. The van der Waals surface area contributed by atoms with Crippen molar-refractivity contribution in [2.45, 2.75) is 21.5 Å². The van der Waals surface area contributed by atoms with Crippen LogP contribution >= 0.6 is 34.9 Å². The zero-order valence-electron chi connectivity index (χ0n) is 12.4. The molecule has 136 valence electrons. The zero-order chi connectivity index (χ0) is 18.4. The van der Waals surface area contributed by atoms with Crippen molar-refractivity contribution in [3.8, 4) is 0 Å². The third-order valence-electron chi connectivity index (χ3n) is 3.42. The second-order valence-corrected chi connectivity index (χ2v) is 10.0. The molecule has 1 aromatic rings. The van der Waals surface area contributed by atoms with Crippen LogP contribution in [0, 0.1) is 0 Å². The molecule has 14 heteroatoms. The van der Waals surface area contributed by atoms with Crippen LogP contribution in [0.25, 0.3) is 0 Å². The van der Waals surface area contributed by atoms with Gasteiger partial charge in [0.15, 0.2) is 4.34 Å². The van der Waals surface area contributed by atoms with Crippen LogP contribution in [0.5, 0.6) is 0 Å². The number of fused-ring (bicyclic) bond motifs is 1. The van der Waals surface area contributed by atoms with Gasteiger partial charge in [0.25, 0.3) is 10.1 Å². The molecule has 1 aromatic heterocycles. The molecule has 1 saturated heterocycles. The normalized spacial score (nSPS) is 23.4. The van der Waals surface area contributed by atoms with E-state index in [2.05, 4.69) is 10.2 Å². The third kappa shape index (κ3) is 3.83. The van der Waals surface area contributed by atoms with Gasteiger partial charge in [-0.3, -0.25) is 14.2 Å². The van der Waals surface area contributed by atoms with Crippen LogP contribution in [0.3, 0.4) is 0 Å². The molecule has 3 heterocycles. The number of rotatable bonds is 6. The van der Waals surface area contributed by atoms with Gasteiger partial charge >= 0.3 is 5.97 Å². The highest BCUT2D eigenvalue weighted by atomic mass is 32.2. The van der Waals surface area contributed by atoms with Crippen molar-refractivity contribution < 1.29 is 27.7 Å². The SMILES string of the molecule is NC1C(=O)N2C(C(=O)O)=C(CSc3nnc(CS(=O)(=O)O)s3)CS[C@H]12. The van der Waals surface area contributed by atoms with Crippen LogP contribution in [-0.4, -0.2) is 68.0 Å². The lowest BCUT2D eigenvalue weighted by atomic mass is 10.0. The Labute approximate surface area is 154 Å². The van der Waals surface area contributed by atoms with Crippen LogP contribution in [0.15, 0.2) is 15.6 Å². The van der Waals surface area contributed by atoms with Crippen molar-refractivity contribution in [3.63, 3.8) is 0 Å². The van der Waals surface area contributed by atoms with Gasteiger partial charge in [-0.25, -0.2) is 4.79 Å². The molecule has 0 aromatic carbocycles. The minimum absolute atomic E-state index is 0.0503. The summed E-state index contributed by atoms with van der Waals surface area (Å²) in [6.07, 6.45) is 0. The number of carboxylic acid groups (broad SMARTS) is 1. The average molecular weight is 425 g/mol. The van der Waals surface area contributed by atoms with E-state index in [1.54, 1.807) is 0 Å². The molecule has 3 rings (SSSR count). The van der Waals surface area contributed by atoms with Gasteiger partial charge in [-0.05, 0) is 5.57 Å². The number of hydrogen-bond acceptors (Lipinski definition) is 10. The molecular formula is C11H12N4O6S4. The average Bonchev–Trinajstić information content (AvgIpc) is 2.96. The summed E-state index contributed by atoms with van der Waals surface area (Å²) in [5, 5.41) is 16.7. The number of hydrogen-bond donors (Lipinski definition) is 3. The maximum absolute atomic E-state index is 11.8. The molecule has 2 aliphatic rings. The van der Waals surface area contributed by atoms with Crippen molar-refractivity contribution >= 4 is 56.9 Å². The molecule has 1 amide bonds. The van der Waals surface area contributed by atoms with Crippen LogP contribution in [0.1, 0.15) is 5.01 Å². The Hall–Kier alpha value is -1.19. The minimum Gasteiger partial charge on any atom is -0.477 e. The summed E-state index contributed by atoms with van der Waals surface area (Å²) < 4.78 is 30.9. The summed E-state index contributed by atoms with van der Waals surface area (Å²) in [7, 11) is -4.18. The lowest BCUT2D eigenvalue weighted by Gasteiger charge is -2.48. The quantitative estimate of drug-likeness (QED) is 0.309. The van der Waals surface area contributed by atoms with Gasteiger partial charge in [0.1, 0.15) is 27.9 Å². The first-order valence-electron chi connectivity index (χ1n) is 6.73. The molecule has 2 atom stereocenters. The van der Waals surface area contributed by atoms with Crippen molar-refractivity contribution in [3.05, 3.63) is 16.3 Å². The Kier molecular flexibility index (Phi) is 5.09.